The summed E-state index contributed by atoms with van der Waals surface area (Å²) >= 11 is 0. The van der Waals surface area contributed by atoms with Crippen LogP contribution in [0.2, 0.25) is 0 Å². The Morgan fingerprint density at radius 1 is 1.06 bits per heavy atom. The molecule has 1 aromatic heterocycles. The molecule has 5 N–H and O–H groups in total. The van der Waals surface area contributed by atoms with Gasteiger partial charge in [-0.05, 0) is 25.3 Å². The van der Waals surface area contributed by atoms with Crippen molar-refractivity contribution < 1.29 is 49.0 Å². The Morgan fingerprint density at radius 3 is 2.36 bits per heavy atom. The van der Waals surface area contributed by atoms with Crippen molar-refractivity contribution >= 4 is 5.97 Å². The van der Waals surface area contributed by atoms with E-state index >= 15 is 0 Å². The Hall–Kier alpha value is -1.86. The van der Waals surface area contributed by atoms with Gasteiger partial charge in [-0.1, -0.05) is 20.8 Å². The first-order valence-corrected chi connectivity index (χ1v) is 12.4. The number of esters is 1. The second-order valence-corrected chi connectivity index (χ2v) is 11.4. The van der Waals surface area contributed by atoms with Crippen LogP contribution < -0.4 is 5.63 Å². The molecule has 1 saturated carbocycles. The summed E-state index contributed by atoms with van der Waals surface area (Å²) in [5.74, 6) is -0.832. The molecule has 4 aliphatic rings. The molecule has 0 bridgehead atoms. The molecular formula is C25H34O11. The van der Waals surface area contributed by atoms with Crippen LogP contribution in [-0.4, -0.2) is 81.0 Å². The zero-order valence-corrected chi connectivity index (χ0v) is 20.7. The maximum atomic E-state index is 13.2. The number of rotatable bonds is 4. The summed E-state index contributed by atoms with van der Waals surface area (Å²) in [6, 6.07) is 1.36. The Balaban J connectivity index is 1.57. The molecule has 0 aromatic carbocycles. The summed E-state index contributed by atoms with van der Waals surface area (Å²) in [7, 11) is 0. The van der Waals surface area contributed by atoms with E-state index in [4.69, 9.17) is 18.6 Å². The van der Waals surface area contributed by atoms with Gasteiger partial charge in [-0.25, -0.2) is 4.79 Å². The number of hydrogen-bond donors (Lipinski definition) is 5. The van der Waals surface area contributed by atoms with Gasteiger partial charge < -0.3 is 44.2 Å². The Labute approximate surface area is 207 Å². The molecule has 11 nitrogen and oxygen atoms in total. The molecule has 2 saturated heterocycles. The van der Waals surface area contributed by atoms with Crippen LogP contribution in [0.1, 0.15) is 69.4 Å². The van der Waals surface area contributed by atoms with Gasteiger partial charge in [0.1, 0.15) is 42.4 Å². The average molecular weight is 511 g/mol. The molecule has 36 heavy (non-hydrogen) atoms. The summed E-state index contributed by atoms with van der Waals surface area (Å²) in [6.45, 7) is 6.74. The van der Waals surface area contributed by atoms with Gasteiger partial charge >= 0.3 is 11.6 Å². The maximum Gasteiger partial charge on any atom is 0.336 e. The highest BCUT2D eigenvalue weighted by Gasteiger charge is 2.69. The normalized spacial score (nSPS) is 45.8. The first kappa shape index (κ1) is 25.8. The Morgan fingerprint density at radius 2 is 1.72 bits per heavy atom. The predicted octanol–water partition coefficient (Wildman–Crippen LogP) is -0.405. The van der Waals surface area contributed by atoms with Gasteiger partial charge in [-0.2, -0.15) is 0 Å². The fourth-order valence-corrected chi connectivity index (χ4v) is 7.12. The largest absolute Gasteiger partial charge is 0.458 e. The van der Waals surface area contributed by atoms with Crippen LogP contribution in [0.25, 0.3) is 0 Å². The van der Waals surface area contributed by atoms with E-state index in [-0.39, 0.29) is 18.8 Å². The van der Waals surface area contributed by atoms with E-state index in [9.17, 15) is 35.1 Å². The minimum Gasteiger partial charge on any atom is -0.458 e. The molecule has 5 rings (SSSR count). The molecule has 11 heteroatoms. The van der Waals surface area contributed by atoms with Gasteiger partial charge in [-0.3, -0.25) is 4.79 Å². The van der Waals surface area contributed by atoms with Crippen LogP contribution in [0.4, 0.5) is 0 Å². The molecule has 3 fully saturated rings. The molecule has 0 unspecified atom stereocenters. The third-order valence-electron chi connectivity index (χ3n) is 8.66. The first-order chi connectivity index (χ1) is 16.8. The lowest BCUT2D eigenvalue weighted by Crippen LogP contribution is -2.61. The standard InChI is InChI=1S/C25H34O11/c1-9(2)19-14-11(5-13(27)35-19)24(3)6-10(7-25(4)21(24)20(16(14)29)36-23(25)32)33-22-18(31)17(30)15(28)12(8-26)34-22/h5,9-10,12,15-18,20-22,26,28-31H,6-8H2,1-4H3/t10-,12-,15-,16-,17+,18-,20-,21-,22-,24-,25+/m1/s1. The maximum absolute atomic E-state index is 13.2. The van der Waals surface area contributed by atoms with E-state index in [1.54, 1.807) is 6.92 Å². The van der Waals surface area contributed by atoms with Gasteiger partial charge in [0.15, 0.2) is 6.29 Å². The zero-order chi connectivity index (χ0) is 26.3. The van der Waals surface area contributed by atoms with Gasteiger partial charge in [0.25, 0.3) is 0 Å². The Kier molecular flexibility index (Phi) is 6.15. The van der Waals surface area contributed by atoms with E-state index < -0.39 is 84.0 Å². The molecule has 3 heterocycles. The summed E-state index contributed by atoms with van der Waals surface area (Å²) in [5, 5.41) is 51.6. The molecule has 0 amide bonds. The van der Waals surface area contributed by atoms with Gasteiger partial charge in [-0.15, -0.1) is 0 Å². The van der Waals surface area contributed by atoms with Crippen molar-refractivity contribution in [2.24, 2.45) is 11.3 Å². The third-order valence-corrected chi connectivity index (χ3v) is 8.66. The SMILES string of the molecule is CC(C)c1oc(=O)cc2c1[C@@H](O)[C@H]1OC(=O)[C@@]3(C)C[C@H](O[C@@H]4O[C@H](CO)[C@@H](O)[C@H](O)[C@H]4O)C[C@@]2(C)[C@@H]13. The van der Waals surface area contributed by atoms with Crippen molar-refractivity contribution in [1.29, 1.82) is 0 Å². The minimum atomic E-state index is -1.60. The number of fused-ring (bicyclic) bond motifs is 2. The molecule has 2 aliphatic heterocycles. The van der Waals surface area contributed by atoms with Crippen molar-refractivity contribution in [3.05, 3.63) is 33.4 Å². The predicted molar refractivity (Wildman–Crippen MR) is 121 cm³/mol. The van der Waals surface area contributed by atoms with Crippen molar-refractivity contribution in [2.45, 2.75) is 101 Å². The van der Waals surface area contributed by atoms with Crippen molar-refractivity contribution in [3.63, 3.8) is 0 Å². The van der Waals surface area contributed by atoms with Crippen LogP contribution in [0.3, 0.4) is 0 Å². The van der Waals surface area contributed by atoms with Crippen molar-refractivity contribution in [2.75, 3.05) is 6.61 Å². The van der Waals surface area contributed by atoms with Crippen LogP contribution in [0.5, 0.6) is 0 Å². The van der Waals surface area contributed by atoms with Crippen LogP contribution in [0, 0.1) is 11.3 Å². The topological polar surface area (TPSA) is 176 Å². The second-order valence-electron chi connectivity index (χ2n) is 11.4. The summed E-state index contributed by atoms with van der Waals surface area (Å²) in [4.78, 5) is 25.8. The van der Waals surface area contributed by atoms with Crippen LogP contribution in [0.15, 0.2) is 15.3 Å². The monoisotopic (exact) mass is 510 g/mol. The number of carbonyl (C=O) groups is 1. The summed E-state index contributed by atoms with van der Waals surface area (Å²) < 4.78 is 22.9. The first-order valence-electron chi connectivity index (χ1n) is 12.4. The number of ether oxygens (including phenoxy) is 3. The smallest absolute Gasteiger partial charge is 0.336 e. The molecule has 200 valence electrons. The van der Waals surface area contributed by atoms with Gasteiger partial charge in [0.2, 0.25) is 0 Å². The number of aliphatic hydroxyl groups excluding tert-OH is 5. The fourth-order valence-electron chi connectivity index (χ4n) is 7.12. The third kappa shape index (κ3) is 3.52. The zero-order valence-electron chi connectivity index (χ0n) is 20.7. The highest BCUT2D eigenvalue weighted by atomic mass is 16.7. The van der Waals surface area contributed by atoms with Crippen molar-refractivity contribution in [3.8, 4) is 0 Å². The van der Waals surface area contributed by atoms with E-state index in [2.05, 4.69) is 0 Å². The van der Waals surface area contributed by atoms with Crippen LogP contribution in [-0.2, 0) is 24.4 Å². The Bertz CT molecular complexity index is 1100. The summed E-state index contributed by atoms with van der Waals surface area (Å²) in [6.07, 6.45) is -9.45. The number of carbonyl (C=O) groups excluding carboxylic acids is 1. The highest BCUT2D eigenvalue weighted by Crippen LogP contribution is 2.64. The average Bonchev–Trinajstić information content (AvgIpc) is 3.08. The fraction of sp³-hybridized carbons (Fsp3) is 0.760. The van der Waals surface area contributed by atoms with E-state index in [0.29, 0.717) is 16.9 Å². The molecule has 0 spiro atoms. The molecule has 2 aliphatic carbocycles. The number of aliphatic hydroxyl groups is 5. The minimum absolute atomic E-state index is 0.179. The van der Waals surface area contributed by atoms with Gasteiger partial charge in [0, 0.05) is 28.9 Å². The summed E-state index contributed by atoms with van der Waals surface area (Å²) in [5.41, 5.74) is -1.48. The van der Waals surface area contributed by atoms with Crippen molar-refractivity contribution in [1.82, 2.24) is 0 Å². The molecule has 11 atom stereocenters. The molecular weight excluding hydrogens is 476 g/mol. The van der Waals surface area contributed by atoms with E-state index in [1.165, 1.54) is 6.07 Å². The van der Waals surface area contributed by atoms with E-state index in [1.807, 2.05) is 20.8 Å². The highest BCUT2D eigenvalue weighted by molar-refractivity contribution is 5.81. The lowest BCUT2D eigenvalue weighted by atomic mass is 9.49. The van der Waals surface area contributed by atoms with E-state index in [0.717, 1.165) is 0 Å². The molecule has 0 radical (unpaired) electrons. The molecule has 1 aromatic rings. The van der Waals surface area contributed by atoms with Gasteiger partial charge in [0.05, 0.1) is 18.1 Å². The number of hydrogen-bond acceptors (Lipinski definition) is 11. The lowest BCUT2D eigenvalue weighted by Gasteiger charge is -2.55. The van der Waals surface area contributed by atoms with Crippen LogP contribution >= 0.6 is 0 Å². The quantitative estimate of drug-likeness (QED) is 0.333. The lowest BCUT2D eigenvalue weighted by molar-refractivity contribution is -0.317. The second kappa shape index (κ2) is 8.59.